The van der Waals surface area contributed by atoms with Crippen molar-refractivity contribution in [2.24, 2.45) is 0 Å². The molecule has 2 amide bonds. The van der Waals surface area contributed by atoms with Crippen LogP contribution in [0, 0.1) is 0 Å². The van der Waals surface area contributed by atoms with E-state index in [4.69, 9.17) is 0 Å². The van der Waals surface area contributed by atoms with Crippen LogP contribution in [-0.4, -0.2) is 35.5 Å². The maximum Gasteiger partial charge on any atom is 0.319 e. The summed E-state index contributed by atoms with van der Waals surface area (Å²) in [6.45, 7) is 7.97. The van der Waals surface area contributed by atoms with Crippen molar-refractivity contribution >= 4 is 28.9 Å². The second kappa shape index (κ2) is 12.6. The minimum Gasteiger partial charge on any atom is -0.506 e. The summed E-state index contributed by atoms with van der Waals surface area (Å²) >= 11 is 0. The molecule has 1 unspecified atom stereocenters. The molecule has 0 bridgehead atoms. The number of carbonyl (C=O) groups excluding carboxylic acids is 2. The molecule has 5 N–H and O–H groups in total. The van der Waals surface area contributed by atoms with E-state index in [9.17, 15) is 19.5 Å². The number of amides is 2. The van der Waals surface area contributed by atoms with Gasteiger partial charge in [0.05, 0.1) is 11.4 Å². The van der Waals surface area contributed by atoms with Crippen LogP contribution in [0.5, 0.6) is 5.75 Å². The van der Waals surface area contributed by atoms with Gasteiger partial charge in [0, 0.05) is 30.2 Å². The van der Waals surface area contributed by atoms with Gasteiger partial charge in [0.25, 0.3) is 0 Å². The van der Waals surface area contributed by atoms with Crippen LogP contribution in [0.4, 0.5) is 10.5 Å². The number of urea groups is 1. The summed E-state index contributed by atoms with van der Waals surface area (Å²) in [6, 6.07) is 21.9. The lowest BCUT2D eigenvalue weighted by molar-refractivity contribution is -0.109. The van der Waals surface area contributed by atoms with E-state index < -0.39 is 5.92 Å². The summed E-state index contributed by atoms with van der Waals surface area (Å²) in [4.78, 5) is 38.6. The van der Waals surface area contributed by atoms with Gasteiger partial charge in [0.2, 0.25) is 5.56 Å². The first-order chi connectivity index (χ1) is 19.1. The number of hydrogen-bond acceptors (Lipinski definition) is 5. The summed E-state index contributed by atoms with van der Waals surface area (Å²) < 4.78 is 0. The molecule has 0 aliphatic carbocycles. The van der Waals surface area contributed by atoms with Crippen LogP contribution < -0.4 is 21.5 Å². The number of anilines is 1. The van der Waals surface area contributed by atoms with Crippen molar-refractivity contribution in [1.29, 1.82) is 0 Å². The molecule has 1 aromatic heterocycles. The fourth-order valence-electron chi connectivity index (χ4n) is 4.59. The van der Waals surface area contributed by atoms with Crippen molar-refractivity contribution in [3.63, 3.8) is 0 Å². The summed E-state index contributed by atoms with van der Waals surface area (Å²) in [5, 5.41) is 19.9. The zero-order valence-electron chi connectivity index (χ0n) is 23.1. The first-order valence-electron chi connectivity index (χ1n) is 13.4. The Hall–Kier alpha value is -4.43. The Morgan fingerprint density at radius 1 is 1.00 bits per heavy atom. The SMILES string of the molecule is CC(C)(C)c1ccc(CNC(=O)Nc2cccc(CCNCC(C=O)c3ccc(O)c4[nH]c(=O)ccc34)c2)cc1. The van der Waals surface area contributed by atoms with Gasteiger partial charge in [-0.25, -0.2) is 4.79 Å². The molecule has 0 fully saturated rings. The van der Waals surface area contributed by atoms with Gasteiger partial charge in [-0.1, -0.05) is 63.2 Å². The van der Waals surface area contributed by atoms with E-state index in [0.717, 1.165) is 23.0 Å². The highest BCUT2D eigenvalue weighted by Gasteiger charge is 2.16. The third-order valence-corrected chi connectivity index (χ3v) is 6.88. The maximum absolute atomic E-state index is 12.5. The minimum absolute atomic E-state index is 0.0361. The van der Waals surface area contributed by atoms with Gasteiger partial charge in [0.1, 0.15) is 12.0 Å². The predicted octanol–water partition coefficient (Wildman–Crippen LogP) is 4.97. The van der Waals surface area contributed by atoms with Crippen LogP contribution in [0.25, 0.3) is 10.9 Å². The fraction of sp³-hybridized carbons (Fsp3) is 0.281. The molecule has 3 aromatic carbocycles. The van der Waals surface area contributed by atoms with Gasteiger partial charge in [-0.2, -0.15) is 0 Å². The Balaban J connectivity index is 1.27. The number of pyridine rings is 1. The number of aldehydes is 1. The molecule has 4 rings (SSSR count). The number of hydrogen-bond donors (Lipinski definition) is 5. The van der Waals surface area contributed by atoms with Gasteiger partial charge in [-0.05, 0) is 64.9 Å². The Labute approximate surface area is 233 Å². The van der Waals surface area contributed by atoms with E-state index in [1.807, 2.05) is 36.4 Å². The first kappa shape index (κ1) is 28.6. The predicted molar refractivity (Wildman–Crippen MR) is 159 cm³/mol. The van der Waals surface area contributed by atoms with Gasteiger partial charge < -0.3 is 30.8 Å². The van der Waals surface area contributed by atoms with Crippen LogP contribution >= 0.6 is 0 Å². The molecular weight excluding hydrogens is 504 g/mol. The van der Waals surface area contributed by atoms with Crippen molar-refractivity contribution in [3.8, 4) is 5.75 Å². The summed E-state index contributed by atoms with van der Waals surface area (Å²) in [6.07, 6.45) is 1.57. The molecule has 4 aromatic rings. The monoisotopic (exact) mass is 540 g/mol. The number of nitrogens with one attached hydrogen (secondary N) is 4. The standard InChI is InChI=1S/C32H36N4O4/c1-32(2,3)24-9-7-22(8-10-24)18-34-31(40)35-25-6-4-5-21(17-25)15-16-33-19-23(20-37)26-11-13-28(38)30-27(26)12-14-29(39)36-30/h4-14,17,20,23,33,38H,15-16,18-19H2,1-3H3,(H,36,39)(H2,34,35,40). The van der Waals surface area contributed by atoms with Gasteiger partial charge in [-0.15, -0.1) is 0 Å². The number of fused-ring (bicyclic) bond motifs is 1. The van der Waals surface area contributed by atoms with Crippen LogP contribution in [0.1, 0.15) is 48.9 Å². The van der Waals surface area contributed by atoms with Crippen LogP contribution in [0.3, 0.4) is 0 Å². The second-order valence-electron chi connectivity index (χ2n) is 10.9. The summed E-state index contributed by atoms with van der Waals surface area (Å²) in [5.41, 5.74) is 4.85. The average molecular weight is 541 g/mol. The van der Waals surface area contributed by atoms with Gasteiger partial charge in [-0.3, -0.25) is 4.79 Å². The highest BCUT2D eigenvalue weighted by molar-refractivity contribution is 5.90. The smallest absolute Gasteiger partial charge is 0.319 e. The Bertz CT molecular complexity index is 1540. The molecule has 0 saturated heterocycles. The molecule has 0 aliphatic rings. The molecule has 8 nitrogen and oxygen atoms in total. The normalized spacial score (nSPS) is 12.2. The first-order valence-corrected chi connectivity index (χ1v) is 13.4. The summed E-state index contributed by atoms with van der Waals surface area (Å²) in [5.74, 6) is -0.485. The lowest BCUT2D eigenvalue weighted by Crippen LogP contribution is -2.28. The van der Waals surface area contributed by atoms with E-state index in [0.29, 0.717) is 42.6 Å². The maximum atomic E-state index is 12.5. The van der Waals surface area contributed by atoms with Crippen molar-refractivity contribution in [1.82, 2.24) is 15.6 Å². The topological polar surface area (TPSA) is 123 Å². The number of H-pyrrole nitrogens is 1. The minimum atomic E-state index is -0.449. The number of aromatic hydroxyl groups is 1. The third-order valence-electron chi connectivity index (χ3n) is 6.88. The van der Waals surface area contributed by atoms with Crippen molar-refractivity contribution in [2.75, 3.05) is 18.4 Å². The fourth-order valence-corrected chi connectivity index (χ4v) is 4.59. The quantitative estimate of drug-likeness (QED) is 0.144. The van der Waals surface area contributed by atoms with Crippen LogP contribution in [0.15, 0.2) is 77.6 Å². The molecule has 208 valence electrons. The van der Waals surface area contributed by atoms with Crippen molar-refractivity contribution in [3.05, 3.63) is 105 Å². The second-order valence-corrected chi connectivity index (χ2v) is 10.9. The van der Waals surface area contributed by atoms with Gasteiger partial charge in [0.15, 0.2) is 0 Å². The Morgan fingerprint density at radius 3 is 2.50 bits per heavy atom. The Kier molecular flexibility index (Phi) is 9.01. The zero-order valence-corrected chi connectivity index (χ0v) is 23.1. The lowest BCUT2D eigenvalue weighted by Gasteiger charge is -2.19. The zero-order chi connectivity index (χ0) is 28.7. The van der Waals surface area contributed by atoms with Crippen LogP contribution in [-0.2, 0) is 23.2 Å². The molecule has 1 atom stereocenters. The lowest BCUT2D eigenvalue weighted by atomic mass is 9.87. The number of phenols is 1. The van der Waals surface area contributed by atoms with E-state index in [1.54, 1.807) is 12.1 Å². The van der Waals surface area contributed by atoms with E-state index >= 15 is 0 Å². The van der Waals surface area contributed by atoms with Crippen molar-refractivity contribution in [2.45, 2.75) is 45.1 Å². The number of carbonyl (C=O) groups is 2. The third kappa shape index (κ3) is 7.36. The number of phenolic OH excluding ortho intramolecular Hbond substituents is 1. The number of aromatic amines is 1. The average Bonchev–Trinajstić information content (AvgIpc) is 2.93. The van der Waals surface area contributed by atoms with Gasteiger partial charge >= 0.3 is 6.03 Å². The highest BCUT2D eigenvalue weighted by Crippen LogP contribution is 2.29. The number of aromatic nitrogens is 1. The van der Waals surface area contributed by atoms with E-state index in [2.05, 4.69) is 53.8 Å². The number of benzene rings is 3. The van der Waals surface area contributed by atoms with Crippen LogP contribution in [0.2, 0.25) is 0 Å². The molecule has 8 heteroatoms. The number of rotatable bonds is 10. The molecule has 0 radical (unpaired) electrons. The summed E-state index contributed by atoms with van der Waals surface area (Å²) in [7, 11) is 0. The van der Waals surface area contributed by atoms with E-state index in [1.165, 1.54) is 17.7 Å². The van der Waals surface area contributed by atoms with Crippen molar-refractivity contribution < 1.29 is 14.7 Å². The Morgan fingerprint density at radius 2 is 1.77 bits per heavy atom. The molecule has 0 spiro atoms. The molecule has 40 heavy (non-hydrogen) atoms. The van der Waals surface area contributed by atoms with E-state index in [-0.39, 0.29) is 22.8 Å². The molecule has 0 aliphatic heterocycles. The highest BCUT2D eigenvalue weighted by atomic mass is 16.3. The largest absolute Gasteiger partial charge is 0.506 e. The molecular formula is C32H36N4O4. The molecule has 1 heterocycles. The molecule has 0 saturated carbocycles.